The minimum absolute atomic E-state index is 0.255. The minimum atomic E-state index is -0.630. The first-order chi connectivity index (χ1) is 18.9. The SMILES string of the molecule is CCOc1cc(C2C(C(=O)Nc3ccc(C)cc3)=C(C)Nc3nnnn32)cc(Br)c1OCc1ccccc1Cl. The maximum Gasteiger partial charge on any atom is 0.255 e. The van der Waals surface area contributed by atoms with E-state index in [1.165, 1.54) is 0 Å². The number of carbonyl (C=O) groups is 1. The molecule has 0 saturated heterocycles. The van der Waals surface area contributed by atoms with Crippen LogP contribution in [-0.2, 0) is 11.4 Å². The molecule has 1 aliphatic rings. The quantitative estimate of drug-likeness (QED) is 0.242. The number of benzene rings is 3. The third-order valence-electron chi connectivity index (χ3n) is 6.25. The molecule has 200 valence electrons. The van der Waals surface area contributed by atoms with Crippen molar-refractivity contribution in [2.24, 2.45) is 0 Å². The number of anilines is 2. The number of halogens is 2. The van der Waals surface area contributed by atoms with Crippen molar-refractivity contribution in [3.05, 3.63) is 98.1 Å². The Hall–Kier alpha value is -3.89. The molecule has 0 radical (unpaired) electrons. The van der Waals surface area contributed by atoms with Gasteiger partial charge in [0.2, 0.25) is 5.95 Å². The molecule has 0 fully saturated rings. The summed E-state index contributed by atoms with van der Waals surface area (Å²) >= 11 is 9.99. The molecule has 2 N–H and O–H groups in total. The van der Waals surface area contributed by atoms with Crippen molar-refractivity contribution < 1.29 is 14.3 Å². The number of aromatic nitrogens is 4. The third kappa shape index (κ3) is 5.62. The molecule has 1 atom stereocenters. The predicted molar refractivity (Wildman–Crippen MR) is 153 cm³/mol. The van der Waals surface area contributed by atoms with Gasteiger partial charge in [-0.1, -0.05) is 52.6 Å². The molecule has 1 aliphatic heterocycles. The van der Waals surface area contributed by atoms with Gasteiger partial charge in [-0.2, -0.15) is 4.68 Å². The monoisotopic (exact) mass is 608 g/mol. The highest BCUT2D eigenvalue weighted by Crippen LogP contribution is 2.43. The lowest BCUT2D eigenvalue weighted by Gasteiger charge is -2.28. The Morgan fingerprint density at radius 3 is 2.64 bits per heavy atom. The summed E-state index contributed by atoms with van der Waals surface area (Å²) in [6, 6.07) is 18.2. The molecule has 0 spiro atoms. The van der Waals surface area contributed by atoms with Crippen LogP contribution in [0.2, 0.25) is 5.02 Å². The summed E-state index contributed by atoms with van der Waals surface area (Å²) in [5.41, 5.74) is 4.48. The zero-order chi connectivity index (χ0) is 27.5. The molecule has 0 saturated carbocycles. The van der Waals surface area contributed by atoms with Gasteiger partial charge in [0.15, 0.2) is 11.5 Å². The van der Waals surface area contributed by atoms with E-state index in [1.807, 2.05) is 81.4 Å². The number of hydrogen-bond acceptors (Lipinski definition) is 7. The van der Waals surface area contributed by atoms with Crippen LogP contribution in [0.3, 0.4) is 0 Å². The first-order valence-electron chi connectivity index (χ1n) is 12.3. The maximum absolute atomic E-state index is 13.7. The second kappa shape index (κ2) is 11.5. The molecular formula is C28H26BrClN6O3. The summed E-state index contributed by atoms with van der Waals surface area (Å²) < 4.78 is 14.4. The van der Waals surface area contributed by atoms with E-state index in [-0.39, 0.29) is 12.5 Å². The summed E-state index contributed by atoms with van der Waals surface area (Å²) in [6.45, 7) is 6.39. The molecule has 1 amide bonds. The van der Waals surface area contributed by atoms with Crippen LogP contribution in [0.5, 0.6) is 11.5 Å². The number of fused-ring (bicyclic) bond motifs is 1. The highest BCUT2D eigenvalue weighted by atomic mass is 79.9. The van der Waals surface area contributed by atoms with Crippen molar-refractivity contribution in [1.82, 2.24) is 20.2 Å². The van der Waals surface area contributed by atoms with Crippen LogP contribution < -0.4 is 20.1 Å². The Morgan fingerprint density at radius 1 is 1.13 bits per heavy atom. The van der Waals surface area contributed by atoms with Crippen LogP contribution >= 0.6 is 27.5 Å². The fraction of sp³-hybridized carbons (Fsp3) is 0.214. The van der Waals surface area contributed by atoms with E-state index in [0.29, 0.717) is 50.5 Å². The van der Waals surface area contributed by atoms with E-state index >= 15 is 0 Å². The van der Waals surface area contributed by atoms with Gasteiger partial charge in [-0.25, -0.2) is 0 Å². The van der Waals surface area contributed by atoms with Crippen molar-refractivity contribution in [2.45, 2.75) is 33.4 Å². The average molecular weight is 610 g/mol. The fourth-order valence-corrected chi connectivity index (χ4v) is 5.13. The maximum atomic E-state index is 13.7. The summed E-state index contributed by atoms with van der Waals surface area (Å²) in [5.74, 6) is 1.19. The van der Waals surface area contributed by atoms with Gasteiger partial charge >= 0.3 is 0 Å². The van der Waals surface area contributed by atoms with Crippen LogP contribution in [0.25, 0.3) is 0 Å². The fourth-order valence-electron chi connectivity index (χ4n) is 4.36. The number of ether oxygens (including phenoxy) is 2. The van der Waals surface area contributed by atoms with Gasteiger partial charge in [-0.3, -0.25) is 4.79 Å². The molecular weight excluding hydrogens is 584 g/mol. The Bertz CT molecular complexity index is 1550. The van der Waals surface area contributed by atoms with Crippen LogP contribution in [0.4, 0.5) is 11.6 Å². The zero-order valence-corrected chi connectivity index (χ0v) is 23.9. The predicted octanol–water partition coefficient (Wildman–Crippen LogP) is 6.30. The van der Waals surface area contributed by atoms with Gasteiger partial charge in [0.25, 0.3) is 5.91 Å². The van der Waals surface area contributed by atoms with Gasteiger partial charge in [0.1, 0.15) is 12.6 Å². The van der Waals surface area contributed by atoms with E-state index in [1.54, 1.807) is 4.68 Å². The van der Waals surface area contributed by atoms with E-state index in [9.17, 15) is 4.79 Å². The van der Waals surface area contributed by atoms with Gasteiger partial charge in [0, 0.05) is 22.0 Å². The molecule has 1 aromatic heterocycles. The van der Waals surface area contributed by atoms with Gasteiger partial charge in [-0.15, -0.1) is 0 Å². The Labute approximate surface area is 239 Å². The number of nitrogens with zero attached hydrogens (tertiary/aromatic N) is 4. The lowest BCUT2D eigenvalue weighted by atomic mass is 9.94. The highest BCUT2D eigenvalue weighted by Gasteiger charge is 2.35. The summed E-state index contributed by atoms with van der Waals surface area (Å²) in [7, 11) is 0. The summed E-state index contributed by atoms with van der Waals surface area (Å²) in [5, 5.41) is 18.9. The van der Waals surface area contributed by atoms with Crippen molar-refractivity contribution in [3.63, 3.8) is 0 Å². The van der Waals surface area contributed by atoms with Crippen LogP contribution in [-0.4, -0.2) is 32.7 Å². The topological polar surface area (TPSA) is 103 Å². The first-order valence-corrected chi connectivity index (χ1v) is 13.5. The lowest BCUT2D eigenvalue weighted by molar-refractivity contribution is -0.113. The smallest absolute Gasteiger partial charge is 0.255 e. The number of rotatable bonds is 8. The number of amides is 1. The third-order valence-corrected chi connectivity index (χ3v) is 7.20. The van der Waals surface area contributed by atoms with E-state index < -0.39 is 6.04 Å². The van der Waals surface area contributed by atoms with Crippen molar-refractivity contribution >= 4 is 45.1 Å². The largest absolute Gasteiger partial charge is 0.490 e. The molecule has 0 bridgehead atoms. The lowest BCUT2D eigenvalue weighted by Crippen LogP contribution is -2.31. The molecule has 5 rings (SSSR count). The van der Waals surface area contributed by atoms with E-state index in [2.05, 4.69) is 42.1 Å². The van der Waals surface area contributed by atoms with Gasteiger partial charge in [0.05, 0.1) is 16.7 Å². The first kappa shape index (κ1) is 26.7. The molecule has 3 aromatic carbocycles. The molecule has 4 aromatic rings. The number of hydrogen-bond donors (Lipinski definition) is 2. The number of tetrazole rings is 1. The number of allylic oxidation sites excluding steroid dienone is 1. The van der Waals surface area contributed by atoms with E-state index in [0.717, 1.165) is 16.7 Å². The van der Waals surface area contributed by atoms with Crippen LogP contribution in [0.15, 0.2) is 76.4 Å². The Balaban J connectivity index is 1.53. The number of aryl methyl sites for hydroxylation is 1. The average Bonchev–Trinajstić information content (AvgIpc) is 3.37. The van der Waals surface area contributed by atoms with Gasteiger partial charge < -0.3 is 20.1 Å². The molecule has 9 nitrogen and oxygen atoms in total. The Kier molecular flexibility index (Phi) is 7.85. The molecule has 2 heterocycles. The molecule has 39 heavy (non-hydrogen) atoms. The number of nitrogens with one attached hydrogen (secondary N) is 2. The van der Waals surface area contributed by atoms with Crippen molar-refractivity contribution in [3.8, 4) is 11.5 Å². The Morgan fingerprint density at radius 2 is 1.90 bits per heavy atom. The second-order valence-electron chi connectivity index (χ2n) is 8.98. The summed E-state index contributed by atoms with van der Waals surface area (Å²) in [6.07, 6.45) is 0. The van der Waals surface area contributed by atoms with Gasteiger partial charge in [-0.05, 0) is 83.0 Å². The molecule has 11 heteroatoms. The van der Waals surface area contributed by atoms with E-state index in [4.69, 9.17) is 21.1 Å². The van der Waals surface area contributed by atoms with Crippen molar-refractivity contribution in [1.29, 1.82) is 0 Å². The molecule has 0 aliphatic carbocycles. The number of carbonyl (C=O) groups excluding carboxylic acids is 1. The molecule has 1 unspecified atom stereocenters. The normalized spacial score (nSPS) is 14.4. The van der Waals surface area contributed by atoms with Crippen molar-refractivity contribution in [2.75, 3.05) is 17.2 Å². The van der Waals surface area contributed by atoms with Crippen LogP contribution in [0, 0.1) is 6.92 Å². The zero-order valence-electron chi connectivity index (χ0n) is 21.5. The standard InChI is InChI=1S/C28H26BrClN6O3/c1-4-38-23-14-19(13-21(29)26(23)39-15-18-7-5-6-8-22(18)30)25-24(17(3)31-28-33-34-35-36(25)28)27(37)32-20-11-9-16(2)10-12-20/h5-14,25H,4,15H2,1-3H3,(H,32,37)(H,31,33,35). The second-order valence-corrected chi connectivity index (χ2v) is 10.2. The minimum Gasteiger partial charge on any atom is -0.490 e. The van der Waals surface area contributed by atoms with Crippen LogP contribution in [0.1, 0.15) is 36.6 Å². The summed E-state index contributed by atoms with van der Waals surface area (Å²) in [4.78, 5) is 13.7. The highest BCUT2D eigenvalue weighted by molar-refractivity contribution is 9.10.